The highest BCUT2D eigenvalue weighted by Crippen LogP contribution is 2.66. The molecule has 110 valence electrons. The minimum Gasteiger partial charge on any atom is -0.341 e. The third-order valence-corrected chi connectivity index (χ3v) is 5.72. The average molecular weight is 330 g/mol. The Labute approximate surface area is 141 Å². The van der Waals surface area contributed by atoms with Gasteiger partial charge in [-0.05, 0) is 47.6 Å². The van der Waals surface area contributed by atoms with E-state index in [1.54, 1.807) is 12.1 Å². The summed E-state index contributed by atoms with van der Waals surface area (Å²) in [7, 11) is 6.44. The van der Waals surface area contributed by atoms with Crippen LogP contribution in [0, 0.1) is 10.6 Å². The monoisotopic (exact) mass is 330 g/mol. The van der Waals surface area contributed by atoms with E-state index in [2.05, 4.69) is 38.9 Å². The Morgan fingerprint density at radius 3 is 2.73 bits per heavy atom. The van der Waals surface area contributed by atoms with Crippen molar-refractivity contribution >= 4 is 47.4 Å². The van der Waals surface area contributed by atoms with Gasteiger partial charge in [0.25, 0.3) is 0 Å². The highest BCUT2D eigenvalue weighted by atomic mass is 35.5. The standard InChI is InChI=1S/C14H15B3ClFN2S/c15-14(16,17)21-5-11-9-4-13(9,6-20(11)12(21)22)8-3-7(18)1-2-10(8)19/h1-3,5,9H,4,6,15-17H2/t9-,13+/m0/s1. The first-order valence-electron chi connectivity index (χ1n) is 7.52. The molecule has 1 aromatic carbocycles. The molecule has 0 N–H and O–H groups in total. The number of nitrogens with zero attached hydrogens (tertiary/aromatic N) is 2. The SMILES string of the molecule is BC(B)(B)n1cc2n(c1=S)C[C@@]1(c3cc(Cl)ccc3F)C[C@@H]21. The fourth-order valence-electron chi connectivity index (χ4n) is 3.83. The lowest BCUT2D eigenvalue weighted by molar-refractivity contribution is 0.524. The maximum absolute atomic E-state index is 14.3. The average Bonchev–Trinajstić information content (AvgIpc) is 2.92. The van der Waals surface area contributed by atoms with E-state index in [1.807, 2.05) is 0 Å². The van der Waals surface area contributed by atoms with Gasteiger partial charge in [0.1, 0.15) is 29.4 Å². The summed E-state index contributed by atoms with van der Waals surface area (Å²) in [6, 6.07) is 4.86. The van der Waals surface area contributed by atoms with Crippen LogP contribution in [0.3, 0.4) is 0 Å². The number of hydrogen-bond donors (Lipinski definition) is 0. The van der Waals surface area contributed by atoms with Crippen molar-refractivity contribution < 1.29 is 4.39 Å². The summed E-state index contributed by atoms with van der Waals surface area (Å²) in [6.07, 6.45) is 3.14. The number of halogens is 2. The molecule has 4 rings (SSSR count). The highest BCUT2D eigenvalue weighted by molar-refractivity contribution is 7.71. The van der Waals surface area contributed by atoms with Crippen molar-refractivity contribution in [3.8, 4) is 0 Å². The molecule has 1 aliphatic carbocycles. The molecule has 2 heterocycles. The lowest BCUT2D eigenvalue weighted by Gasteiger charge is -2.22. The third kappa shape index (κ3) is 1.85. The van der Waals surface area contributed by atoms with Crippen LogP contribution in [-0.4, -0.2) is 32.7 Å². The molecular formula is C14H15B3ClFN2S. The zero-order valence-electron chi connectivity index (χ0n) is 12.9. The molecule has 0 bridgehead atoms. The molecule has 0 amide bonds. The molecule has 0 radical (unpaired) electrons. The van der Waals surface area contributed by atoms with Gasteiger partial charge in [0.15, 0.2) is 4.77 Å². The number of aromatic nitrogens is 2. The van der Waals surface area contributed by atoms with E-state index in [0.29, 0.717) is 10.9 Å². The third-order valence-electron chi connectivity index (χ3n) is 5.07. The smallest absolute Gasteiger partial charge is 0.178 e. The molecule has 0 spiro atoms. The summed E-state index contributed by atoms with van der Waals surface area (Å²) in [6.45, 7) is 0.756. The quantitative estimate of drug-likeness (QED) is 0.583. The Kier molecular flexibility index (Phi) is 2.88. The molecule has 1 aliphatic heterocycles. The van der Waals surface area contributed by atoms with Gasteiger partial charge in [-0.2, -0.15) is 0 Å². The van der Waals surface area contributed by atoms with Crippen molar-refractivity contribution in [2.45, 2.75) is 29.5 Å². The lowest BCUT2D eigenvalue weighted by Crippen LogP contribution is -2.35. The van der Waals surface area contributed by atoms with Crippen molar-refractivity contribution in [1.82, 2.24) is 9.13 Å². The summed E-state index contributed by atoms with van der Waals surface area (Å²) >= 11 is 11.7. The van der Waals surface area contributed by atoms with Crippen LogP contribution in [-0.2, 0) is 17.2 Å². The van der Waals surface area contributed by atoms with Crippen LogP contribution in [0.5, 0.6) is 0 Å². The highest BCUT2D eigenvalue weighted by Gasteiger charge is 2.62. The summed E-state index contributed by atoms with van der Waals surface area (Å²) in [5.74, 6) is 0.193. The van der Waals surface area contributed by atoms with Gasteiger partial charge in [-0.3, -0.25) is 0 Å². The molecule has 2 atom stereocenters. The normalized spacial score (nSPS) is 25.8. The minimum absolute atomic E-state index is 0.0344. The zero-order chi connectivity index (χ0) is 15.9. The molecule has 1 aromatic heterocycles. The molecular weight excluding hydrogens is 315 g/mol. The van der Waals surface area contributed by atoms with E-state index in [9.17, 15) is 4.39 Å². The van der Waals surface area contributed by atoms with Crippen LogP contribution in [0.2, 0.25) is 5.02 Å². The van der Waals surface area contributed by atoms with Crippen molar-refractivity contribution in [2.75, 3.05) is 0 Å². The van der Waals surface area contributed by atoms with E-state index in [1.165, 1.54) is 11.8 Å². The van der Waals surface area contributed by atoms with Crippen LogP contribution in [0.25, 0.3) is 0 Å². The number of imidazole rings is 1. The fourth-order valence-corrected chi connectivity index (χ4v) is 4.50. The number of fused-ring (bicyclic) bond motifs is 3. The predicted molar refractivity (Wildman–Crippen MR) is 97.3 cm³/mol. The van der Waals surface area contributed by atoms with Gasteiger partial charge in [-0.25, -0.2) is 4.39 Å². The predicted octanol–water partition coefficient (Wildman–Crippen LogP) is 0.718. The molecule has 22 heavy (non-hydrogen) atoms. The van der Waals surface area contributed by atoms with E-state index in [4.69, 9.17) is 23.8 Å². The molecule has 2 aromatic rings. The first-order chi connectivity index (χ1) is 10.2. The zero-order valence-corrected chi connectivity index (χ0v) is 14.4. The van der Waals surface area contributed by atoms with Crippen LogP contribution >= 0.6 is 23.8 Å². The number of hydrogen-bond acceptors (Lipinski definition) is 1. The largest absolute Gasteiger partial charge is 0.341 e. The molecule has 8 heteroatoms. The lowest BCUT2D eigenvalue weighted by atomic mass is 9.49. The van der Waals surface area contributed by atoms with Crippen molar-refractivity contribution in [3.05, 3.63) is 51.3 Å². The van der Waals surface area contributed by atoms with E-state index in [-0.39, 0.29) is 16.5 Å². The second kappa shape index (κ2) is 4.32. The summed E-state index contributed by atoms with van der Waals surface area (Å²) < 4.78 is 19.4. The number of benzene rings is 1. The summed E-state index contributed by atoms with van der Waals surface area (Å²) in [4.78, 5) is 0. The first-order valence-corrected chi connectivity index (χ1v) is 8.31. The van der Waals surface area contributed by atoms with Gasteiger partial charge in [0.05, 0.1) is 0 Å². The maximum atomic E-state index is 14.3. The van der Waals surface area contributed by atoms with Gasteiger partial charge >= 0.3 is 0 Å². The van der Waals surface area contributed by atoms with Gasteiger partial charge < -0.3 is 9.13 Å². The Balaban J connectivity index is 1.80. The van der Waals surface area contributed by atoms with Gasteiger partial charge in [0.2, 0.25) is 0 Å². The molecule has 0 saturated heterocycles. The van der Waals surface area contributed by atoms with Crippen molar-refractivity contribution in [2.24, 2.45) is 0 Å². The second-order valence-corrected chi connectivity index (χ2v) is 8.30. The summed E-state index contributed by atoms with van der Waals surface area (Å²) in [5.41, 5.74) is 1.83. The Bertz CT molecular complexity index is 857. The van der Waals surface area contributed by atoms with Crippen LogP contribution < -0.4 is 0 Å². The maximum Gasteiger partial charge on any atom is 0.178 e. The first kappa shape index (κ1) is 14.6. The topological polar surface area (TPSA) is 9.86 Å². The molecule has 1 saturated carbocycles. The second-order valence-electron chi connectivity index (χ2n) is 7.50. The van der Waals surface area contributed by atoms with Gasteiger partial charge in [-0.15, -0.1) is 0 Å². The van der Waals surface area contributed by atoms with Crippen LogP contribution in [0.1, 0.15) is 23.6 Å². The Morgan fingerprint density at radius 1 is 1.36 bits per heavy atom. The van der Waals surface area contributed by atoms with Crippen LogP contribution in [0.4, 0.5) is 4.39 Å². The van der Waals surface area contributed by atoms with Crippen molar-refractivity contribution in [3.63, 3.8) is 0 Å². The van der Waals surface area contributed by atoms with Crippen molar-refractivity contribution in [1.29, 1.82) is 0 Å². The minimum atomic E-state index is -0.160. The molecule has 2 nitrogen and oxygen atoms in total. The number of rotatable bonds is 2. The van der Waals surface area contributed by atoms with Gasteiger partial charge in [-0.1, -0.05) is 11.6 Å². The van der Waals surface area contributed by atoms with E-state index < -0.39 is 0 Å². The Hall–Kier alpha value is -0.935. The van der Waals surface area contributed by atoms with E-state index >= 15 is 0 Å². The Morgan fingerprint density at radius 2 is 2.09 bits per heavy atom. The summed E-state index contributed by atoms with van der Waals surface area (Å²) in [5, 5.41) is 0.559. The molecule has 1 fully saturated rings. The van der Waals surface area contributed by atoms with E-state index in [0.717, 1.165) is 23.3 Å². The molecule has 0 unspecified atom stereocenters. The van der Waals surface area contributed by atoms with Crippen LogP contribution in [0.15, 0.2) is 24.4 Å². The van der Waals surface area contributed by atoms with Gasteiger partial charge in [0, 0.05) is 34.8 Å². The fraction of sp³-hybridized carbons (Fsp3) is 0.357. The molecule has 2 aliphatic rings.